The minimum Gasteiger partial charge on any atom is -0.328 e. The molecule has 18 heavy (non-hydrogen) atoms. The smallest absolute Gasteiger partial charge is 0.243 e. The van der Waals surface area contributed by atoms with E-state index >= 15 is 0 Å². The fourth-order valence-electron chi connectivity index (χ4n) is 1.76. The number of hydrogen-bond acceptors (Lipinski definition) is 3. The Morgan fingerprint density at radius 1 is 1.17 bits per heavy atom. The minimum absolute atomic E-state index is 0.0903. The van der Waals surface area contributed by atoms with Crippen molar-refractivity contribution in [3.63, 3.8) is 0 Å². The third kappa shape index (κ3) is 2.36. The molecule has 0 radical (unpaired) electrons. The van der Waals surface area contributed by atoms with E-state index in [1.54, 1.807) is 0 Å². The van der Waals surface area contributed by atoms with Crippen LogP contribution in [0.4, 0.5) is 13.2 Å². The molecule has 1 aliphatic carbocycles. The van der Waals surface area contributed by atoms with E-state index < -0.39 is 38.4 Å². The van der Waals surface area contributed by atoms with E-state index in [-0.39, 0.29) is 6.04 Å². The first-order valence-electron chi connectivity index (χ1n) is 5.22. The summed E-state index contributed by atoms with van der Waals surface area (Å²) < 4.78 is 64.7. The first kappa shape index (κ1) is 13.3. The Hall–Kier alpha value is -1.12. The van der Waals surface area contributed by atoms with Gasteiger partial charge in [-0.25, -0.2) is 26.3 Å². The Kier molecular flexibility index (Phi) is 3.35. The van der Waals surface area contributed by atoms with E-state index in [0.717, 1.165) is 0 Å². The highest BCUT2D eigenvalue weighted by atomic mass is 32.2. The lowest BCUT2D eigenvalue weighted by molar-refractivity contribution is 0.326. The lowest BCUT2D eigenvalue weighted by Crippen LogP contribution is -2.50. The lowest BCUT2D eigenvalue weighted by atomic mass is 9.89. The molecule has 0 heterocycles. The van der Waals surface area contributed by atoms with E-state index in [9.17, 15) is 21.6 Å². The Morgan fingerprint density at radius 3 is 2.33 bits per heavy atom. The van der Waals surface area contributed by atoms with Crippen molar-refractivity contribution >= 4 is 10.0 Å². The number of halogens is 3. The van der Waals surface area contributed by atoms with Gasteiger partial charge in [0.2, 0.25) is 10.0 Å². The molecule has 0 saturated heterocycles. The highest BCUT2D eigenvalue weighted by molar-refractivity contribution is 7.89. The molecular formula is C10H11F3N2O2S. The molecule has 1 aromatic rings. The van der Waals surface area contributed by atoms with Crippen LogP contribution in [0.1, 0.15) is 12.8 Å². The molecule has 0 bridgehead atoms. The SMILES string of the molecule is NC1CC(NS(=O)(=O)c2ccc(F)c(F)c2F)C1. The molecule has 1 fully saturated rings. The summed E-state index contributed by atoms with van der Waals surface area (Å²) in [6.07, 6.45) is 0.870. The van der Waals surface area contributed by atoms with Crippen LogP contribution in [0.2, 0.25) is 0 Å². The number of sulfonamides is 1. The highest BCUT2D eigenvalue weighted by Crippen LogP contribution is 2.23. The molecule has 1 saturated carbocycles. The van der Waals surface area contributed by atoms with Crippen LogP contribution in [0.3, 0.4) is 0 Å². The van der Waals surface area contributed by atoms with Gasteiger partial charge in [0.15, 0.2) is 17.5 Å². The summed E-state index contributed by atoms with van der Waals surface area (Å²) in [5.41, 5.74) is 5.48. The van der Waals surface area contributed by atoms with Crippen molar-refractivity contribution in [1.82, 2.24) is 4.72 Å². The fraction of sp³-hybridized carbons (Fsp3) is 0.400. The van der Waals surface area contributed by atoms with Crippen molar-refractivity contribution in [2.75, 3.05) is 0 Å². The summed E-state index contributed by atoms with van der Waals surface area (Å²) in [7, 11) is -4.20. The molecular weight excluding hydrogens is 269 g/mol. The summed E-state index contributed by atoms with van der Waals surface area (Å²) in [5.74, 6) is -4.95. The first-order chi connectivity index (χ1) is 8.31. The van der Waals surface area contributed by atoms with E-state index in [1.807, 2.05) is 0 Å². The van der Waals surface area contributed by atoms with Gasteiger partial charge >= 0.3 is 0 Å². The Morgan fingerprint density at radius 2 is 1.78 bits per heavy atom. The third-order valence-electron chi connectivity index (χ3n) is 2.79. The summed E-state index contributed by atoms with van der Waals surface area (Å²) in [6.45, 7) is 0. The molecule has 1 aliphatic rings. The number of nitrogens with one attached hydrogen (secondary N) is 1. The van der Waals surface area contributed by atoms with Crippen LogP contribution < -0.4 is 10.5 Å². The van der Waals surface area contributed by atoms with Crippen LogP contribution in [0.5, 0.6) is 0 Å². The molecule has 4 nitrogen and oxygen atoms in total. The summed E-state index contributed by atoms with van der Waals surface area (Å²) in [6, 6.07) is 0.777. The van der Waals surface area contributed by atoms with Crippen LogP contribution >= 0.6 is 0 Å². The van der Waals surface area contributed by atoms with Gasteiger partial charge in [-0.1, -0.05) is 0 Å². The Labute approximate surface area is 102 Å². The molecule has 3 N–H and O–H groups in total. The molecule has 1 aromatic carbocycles. The number of rotatable bonds is 3. The van der Waals surface area contributed by atoms with Crippen LogP contribution in [-0.4, -0.2) is 20.5 Å². The molecule has 0 atom stereocenters. The fourth-order valence-corrected chi connectivity index (χ4v) is 3.09. The molecule has 8 heteroatoms. The number of benzene rings is 1. The van der Waals surface area contributed by atoms with Gasteiger partial charge in [-0.15, -0.1) is 0 Å². The van der Waals surface area contributed by atoms with Crippen molar-refractivity contribution in [3.05, 3.63) is 29.6 Å². The minimum atomic E-state index is -4.20. The predicted molar refractivity (Wildman–Crippen MR) is 57.6 cm³/mol. The average molecular weight is 280 g/mol. The van der Waals surface area contributed by atoms with Crippen molar-refractivity contribution in [2.45, 2.75) is 29.8 Å². The maximum atomic E-state index is 13.3. The van der Waals surface area contributed by atoms with Gasteiger partial charge in [0.25, 0.3) is 0 Å². The van der Waals surface area contributed by atoms with E-state index in [2.05, 4.69) is 4.72 Å². The van der Waals surface area contributed by atoms with Crippen LogP contribution in [-0.2, 0) is 10.0 Å². The molecule has 0 unspecified atom stereocenters. The van der Waals surface area contributed by atoms with Gasteiger partial charge < -0.3 is 5.73 Å². The predicted octanol–water partition coefficient (Wildman–Crippen LogP) is 0.872. The van der Waals surface area contributed by atoms with Gasteiger partial charge in [-0.2, -0.15) is 0 Å². The van der Waals surface area contributed by atoms with Gasteiger partial charge in [0, 0.05) is 12.1 Å². The summed E-state index contributed by atoms with van der Waals surface area (Å²) in [5, 5.41) is 0. The molecule has 0 aliphatic heterocycles. The van der Waals surface area contributed by atoms with Crippen LogP contribution in [0.25, 0.3) is 0 Å². The zero-order chi connectivity index (χ0) is 13.5. The lowest BCUT2D eigenvalue weighted by Gasteiger charge is -2.32. The zero-order valence-electron chi connectivity index (χ0n) is 9.16. The second-order valence-electron chi connectivity index (χ2n) is 4.22. The van der Waals surface area contributed by atoms with Gasteiger partial charge in [0.05, 0.1) is 0 Å². The monoisotopic (exact) mass is 280 g/mol. The van der Waals surface area contributed by atoms with E-state index in [1.165, 1.54) is 0 Å². The highest BCUT2D eigenvalue weighted by Gasteiger charge is 2.32. The van der Waals surface area contributed by atoms with Crippen molar-refractivity contribution in [1.29, 1.82) is 0 Å². The molecule has 0 aromatic heterocycles. The molecule has 100 valence electrons. The van der Waals surface area contributed by atoms with E-state index in [0.29, 0.717) is 25.0 Å². The Balaban J connectivity index is 2.27. The van der Waals surface area contributed by atoms with Crippen molar-refractivity contribution in [2.24, 2.45) is 5.73 Å². The average Bonchev–Trinajstić information content (AvgIpc) is 2.23. The summed E-state index contributed by atoms with van der Waals surface area (Å²) >= 11 is 0. The second-order valence-corrected chi connectivity index (χ2v) is 5.91. The van der Waals surface area contributed by atoms with Crippen molar-refractivity contribution < 1.29 is 21.6 Å². The maximum absolute atomic E-state index is 13.3. The summed E-state index contributed by atoms with van der Waals surface area (Å²) in [4.78, 5) is -0.901. The molecule has 2 rings (SSSR count). The van der Waals surface area contributed by atoms with Crippen LogP contribution in [0.15, 0.2) is 17.0 Å². The second kappa shape index (κ2) is 4.52. The van der Waals surface area contributed by atoms with Crippen LogP contribution in [0, 0.1) is 17.5 Å². The zero-order valence-corrected chi connectivity index (χ0v) is 9.98. The number of hydrogen-bond donors (Lipinski definition) is 2. The van der Waals surface area contributed by atoms with Gasteiger partial charge in [0.1, 0.15) is 4.90 Å². The normalized spacial score (nSPS) is 23.8. The quantitative estimate of drug-likeness (QED) is 0.807. The van der Waals surface area contributed by atoms with E-state index in [4.69, 9.17) is 5.73 Å². The number of nitrogens with two attached hydrogens (primary N) is 1. The van der Waals surface area contributed by atoms with Crippen molar-refractivity contribution in [3.8, 4) is 0 Å². The largest absolute Gasteiger partial charge is 0.328 e. The Bertz CT molecular complexity index is 571. The molecule has 0 amide bonds. The third-order valence-corrected chi connectivity index (χ3v) is 4.32. The van der Waals surface area contributed by atoms with Gasteiger partial charge in [-0.3, -0.25) is 0 Å². The first-order valence-corrected chi connectivity index (χ1v) is 6.71. The van der Waals surface area contributed by atoms with Gasteiger partial charge in [-0.05, 0) is 25.0 Å². The molecule has 0 spiro atoms. The standard InChI is InChI=1S/C10H11F3N2O2S/c11-7-1-2-8(10(13)9(7)12)18(16,17)15-6-3-5(14)4-6/h1-2,5-6,15H,3-4,14H2. The topological polar surface area (TPSA) is 72.2 Å². The maximum Gasteiger partial charge on any atom is 0.243 e.